The first-order chi connectivity index (χ1) is 10.1. The first-order valence-corrected chi connectivity index (χ1v) is 6.33. The Kier molecular flexibility index (Phi) is 4.61. The number of benzene rings is 1. The topological polar surface area (TPSA) is 77.9 Å². The molecule has 0 fully saturated rings. The summed E-state index contributed by atoms with van der Waals surface area (Å²) in [5.74, 6) is 0.380. The third-order valence-electron chi connectivity index (χ3n) is 2.62. The van der Waals surface area contributed by atoms with Crippen LogP contribution in [0.1, 0.15) is 17.3 Å². The summed E-state index contributed by atoms with van der Waals surface area (Å²) in [5.41, 5.74) is 0.103. The van der Waals surface area contributed by atoms with Gasteiger partial charge in [0.05, 0.1) is 19.3 Å². The van der Waals surface area contributed by atoms with Gasteiger partial charge in [-0.15, -0.1) is 0 Å². The summed E-state index contributed by atoms with van der Waals surface area (Å²) >= 11 is 0. The van der Waals surface area contributed by atoms with Crippen LogP contribution in [-0.4, -0.2) is 29.8 Å². The van der Waals surface area contributed by atoms with Crippen molar-refractivity contribution in [1.29, 1.82) is 0 Å². The number of carboxylic acid groups (broad SMARTS) is 1. The van der Waals surface area contributed by atoms with Crippen molar-refractivity contribution in [3.05, 3.63) is 42.0 Å². The lowest BCUT2D eigenvalue weighted by Gasteiger charge is -2.11. The number of rotatable bonds is 6. The number of hydrogen-bond donors (Lipinski definition) is 1. The van der Waals surface area contributed by atoms with Gasteiger partial charge in [-0.05, 0) is 25.1 Å². The zero-order chi connectivity index (χ0) is 15.2. The van der Waals surface area contributed by atoms with Crippen LogP contribution in [-0.2, 0) is 0 Å². The van der Waals surface area contributed by atoms with Crippen LogP contribution in [0.2, 0.25) is 0 Å². The summed E-state index contributed by atoms with van der Waals surface area (Å²) in [6.07, 6.45) is 0. The minimum Gasteiger partial charge on any atom is -0.493 e. The summed E-state index contributed by atoms with van der Waals surface area (Å²) < 4.78 is 16.0. The van der Waals surface area contributed by atoms with E-state index in [0.29, 0.717) is 24.1 Å². The second-order valence-electron chi connectivity index (χ2n) is 4.02. The van der Waals surface area contributed by atoms with E-state index in [9.17, 15) is 4.79 Å². The summed E-state index contributed by atoms with van der Waals surface area (Å²) in [5, 5.41) is 9.02. The van der Waals surface area contributed by atoms with Crippen molar-refractivity contribution in [2.75, 3.05) is 13.7 Å². The van der Waals surface area contributed by atoms with Crippen molar-refractivity contribution in [3.8, 4) is 23.3 Å². The Balaban J connectivity index is 2.31. The van der Waals surface area contributed by atoms with E-state index in [2.05, 4.69) is 4.98 Å². The van der Waals surface area contributed by atoms with E-state index in [1.807, 2.05) is 6.92 Å². The molecule has 0 radical (unpaired) electrons. The van der Waals surface area contributed by atoms with Gasteiger partial charge in [-0.3, -0.25) is 0 Å². The molecule has 2 aromatic rings. The third kappa shape index (κ3) is 3.62. The van der Waals surface area contributed by atoms with Crippen molar-refractivity contribution < 1.29 is 24.1 Å². The molecule has 1 aromatic carbocycles. The summed E-state index contributed by atoms with van der Waals surface area (Å²) in [7, 11) is 1.48. The number of ether oxygens (including phenoxy) is 3. The maximum atomic E-state index is 11.0. The number of carboxylic acids is 1. The molecular formula is C15H15NO5. The van der Waals surface area contributed by atoms with Gasteiger partial charge in [-0.25, -0.2) is 4.79 Å². The highest BCUT2D eigenvalue weighted by Gasteiger charge is 2.12. The highest BCUT2D eigenvalue weighted by atomic mass is 16.5. The van der Waals surface area contributed by atoms with E-state index in [1.54, 1.807) is 18.2 Å². The maximum absolute atomic E-state index is 11.0. The van der Waals surface area contributed by atoms with Crippen molar-refractivity contribution in [1.82, 2.24) is 4.98 Å². The summed E-state index contributed by atoms with van der Waals surface area (Å²) in [6, 6.07) is 9.46. The minimum atomic E-state index is -1.04. The Morgan fingerprint density at radius 3 is 2.62 bits per heavy atom. The first kappa shape index (κ1) is 14.6. The fourth-order valence-electron chi connectivity index (χ4n) is 1.68. The number of nitrogens with zero attached hydrogens (tertiary/aromatic N) is 1. The molecule has 1 heterocycles. The fraction of sp³-hybridized carbons (Fsp3) is 0.200. The second kappa shape index (κ2) is 6.60. The lowest BCUT2D eigenvalue weighted by atomic mass is 10.2. The Bertz CT molecular complexity index is 642. The average Bonchev–Trinajstić information content (AvgIpc) is 2.48. The molecule has 0 spiro atoms. The molecule has 0 aliphatic carbocycles. The largest absolute Gasteiger partial charge is 0.493 e. The Hall–Kier alpha value is -2.76. The van der Waals surface area contributed by atoms with E-state index in [0.717, 1.165) is 0 Å². The smallest absolute Gasteiger partial charge is 0.335 e. The van der Waals surface area contributed by atoms with Crippen LogP contribution in [0.15, 0.2) is 36.4 Å². The zero-order valence-corrected chi connectivity index (χ0v) is 11.7. The summed E-state index contributed by atoms with van der Waals surface area (Å²) in [6.45, 7) is 2.35. The SMILES string of the molecule is CCOc1cccc(Oc2cc(C(=O)O)ccc2OC)n1. The van der Waals surface area contributed by atoms with Gasteiger partial charge in [0, 0.05) is 12.1 Å². The Labute approximate surface area is 121 Å². The molecule has 2 rings (SSSR count). The third-order valence-corrected chi connectivity index (χ3v) is 2.62. The lowest BCUT2D eigenvalue weighted by Crippen LogP contribution is -1.99. The van der Waals surface area contributed by atoms with Crippen LogP contribution < -0.4 is 14.2 Å². The van der Waals surface area contributed by atoms with Gasteiger partial charge in [-0.2, -0.15) is 4.98 Å². The highest BCUT2D eigenvalue weighted by Crippen LogP contribution is 2.32. The molecule has 0 saturated heterocycles. The number of aromatic carboxylic acids is 1. The molecule has 6 nitrogen and oxygen atoms in total. The van der Waals surface area contributed by atoms with Crippen molar-refractivity contribution in [3.63, 3.8) is 0 Å². The molecule has 21 heavy (non-hydrogen) atoms. The molecule has 0 amide bonds. The number of methoxy groups -OCH3 is 1. The monoisotopic (exact) mass is 289 g/mol. The van der Waals surface area contributed by atoms with Crippen LogP contribution in [0.5, 0.6) is 23.3 Å². The van der Waals surface area contributed by atoms with E-state index in [4.69, 9.17) is 19.3 Å². The van der Waals surface area contributed by atoms with Gasteiger partial charge in [0.15, 0.2) is 11.5 Å². The van der Waals surface area contributed by atoms with E-state index >= 15 is 0 Å². The van der Waals surface area contributed by atoms with Gasteiger partial charge in [0.2, 0.25) is 11.8 Å². The number of hydrogen-bond acceptors (Lipinski definition) is 5. The van der Waals surface area contributed by atoms with Crippen molar-refractivity contribution in [2.45, 2.75) is 6.92 Å². The molecule has 6 heteroatoms. The van der Waals surface area contributed by atoms with E-state index in [1.165, 1.54) is 25.3 Å². The molecule has 110 valence electrons. The van der Waals surface area contributed by atoms with Gasteiger partial charge >= 0.3 is 5.97 Å². The highest BCUT2D eigenvalue weighted by molar-refractivity contribution is 5.88. The zero-order valence-electron chi connectivity index (χ0n) is 11.7. The standard InChI is InChI=1S/C15H15NO5/c1-3-20-13-5-4-6-14(16-13)21-12-9-10(15(17)18)7-8-11(12)19-2/h4-9H,3H2,1-2H3,(H,17,18). The molecule has 0 unspecified atom stereocenters. The van der Waals surface area contributed by atoms with Crippen LogP contribution in [0, 0.1) is 0 Å². The van der Waals surface area contributed by atoms with E-state index < -0.39 is 5.97 Å². The fourth-order valence-corrected chi connectivity index (χ4v) is 1.68. The molecule has 0 aliphatic heterocycles. The Morgan fingerprint density at radius 1 is 1.19 bits per heavy atom. The average molecular weight is 289 g/mol. The molecule has 0 bridgehead atoms. The molecule has 0 atom stereocenters. The van der Waals surface area contributed by atoms with Crippen LogP contribution >= 0.6 is 0 Å². The van der Waals surface area contributed by atoms with Crippen molar-refractivity contribution >= 4 is 5.97 Å². The van der Waals surface area contributed by atoms with Gasteiger partial charge < -0.3 is 19.3 Å². The number of pyridine rings is 1. The van der Waals surface area contributed by atoms with Crippen LogP contribution in [0.4, 0.5) is 0 Å². The van der Waals surface area contributed by atoms with E-state index in [-0.39, 0.29) is 11.3 Å². The molecule has 1 aromatic heterocycles. The lowest BCUT2D eigenvalue weighted by molar-refractivity contribution is 0.0696. The summed E-state index contributed by atoms with van der Waals surface area (Å²) in [4.78, 5) is 15.2. The Morgan fingerprint density at radius 2 is 1.95 bits per heavy atom. The van der Waals surface area contributed by atoms with Gasteiger partial charge in [-0.1, -0.05) is 6.07 Å². The van der Waals surface area contributed by atoms with Crippen LogP contribution in [0.3, 0.4) is 0 Å². The number of carbonyl (C=O) groups is 1. The molecule has 1 N–H and O–H groups in total. The predicted octanol–water partition coefficient (Wildman–Crippen LogP) is 2.98. The quantitative estimate of drug-likeness (QED) is 0.880. The van der Waals surface area contributed by atoms with Crippen LogP contribution in [0.25, 0.3) is 0 Å². The van der Waals surface area contributed by atoms with Gasteiger partial charge in [0.25, 0.3) is 0 Å². The number of aromatic nitrogens is 1. The first-order valence-electron chi connectivity index (χ1n) is 6.33. The molecule has 0 aliphatic rings. The predicted molar refractivity (Wildman–Crippen MR) is 75.4 cm³/mol. The maximum Gasteiger partial charge on any atom is 0.335 e. The van der Waals surface area contributed by atoms with Crippen molar-refractivity contribution in [2.24, 2.45) is 0 Å². The second-order valence-corrected chi connectivity index (χ2v) is 4.02. The normalized spacial score (nSPS) is 10.0. The molecular weight excluding hydrogens is 274 g/mol. The molecule has 0 saturated carbocycles. The minimum absolute atomic E-state index is 0.103. The van der Waals surface area contributed by atoms with Gasteiger partial charge in [0.1, 0.15) is 0 Å².